The van der Waals surface area contributed by atoms with E-state index in [9.17, 15) is 4.79 Å². The molecule has 0 aliphatic rings. The molecule has 2 aromatic carbocycles. The van der Waals surface area contributed by atoms with Crippen LogP contribution in [-0.4, -0.2) is 35.9 Å². The third-order valence-electron chi connectivity index (χ3n) is 4.38. The summed E-state index contributed by atoms with van der Waals surface area (Å²) in [4.78, 5) is 16.1. The van der Waals surface area contributed by atoms with Crippen LogP contribution in [0.2, 0.25) is 0 Å². The Bertz CT molecular complexity index is 997. The van der Waals surface area contributed by atoms with Gasteiger partial charge in [0.05, 0.1) is 6.61 Å². The molecule has 0 aliphatic heterocycles. The minimum Gasteiger partial charge on any atom is -0.491 e. The van der Waals surface area contributed by atoms with Crippen LogP contribution < -0.4 is 20.7 Å². The van der Waals surface area contributed by atoms with E-state index in [1.807, 2.05) is 50.2 Å². The molecule has 30 heavy (non-hydrogen) atoms. The van der Waals surface area contributed by atoms with Crippen LogP contribution in [-0.2, 0) is 6.54 Å². The van der Waals surface area contributed by atoms with Crippen LogP contribution >= 0.6 is 12.4 Å². The average molecular weight is 431 g/mol. The first kappa shape index (κ1) is 23.3. The molecule has 0 bridgehead atoms. The highest BCUT2D eigenvalue weighted by Gasteiger charge is 2.06. The molecule has 0 aliphatic carbocycles. The van der Waals surface area contributed by atoms with Gasteiger partial charge >= 0.3 is 6.03 Å². The van der Waals surface area contributed by atoms with E-state index in [1.54, 1.807) is 6.20 Å². The van der Waals surface area contributed by atoms with Crippen molar-refractivity contribution in [3.8, 4) is 5.75 Å². The Morgan fingerprint density at radius 2 is 2.03 bits per heavy atom. The summed E-state index contributed by atoms with van der Waals surface area (Å²) in [6.07, 6.45) is 1.78. The van der Waals surface area contributed by atoms with Crippen molar-refractivity contribution in [2.24, 2.45) is 0 Å². The number of benzene rings is 2. The number of hydrogen-bond acceptors (Lipinski definition) is 5. The lowest BCUT2D eigenvalue weighted by Crippen LogP contribution is -2.28. The number of ether oxygens (including phenoxy) is 1. The fraction of sp³-hybridized carbons (Fsp3) is 0.273. The first-order valence-corrected chi connectivity index (χ1v) is 9.60. The Hall–Kier alpha value is -3.03. The molecule has 0 unspecified atom stereocenters. The van der Waals surface area contributed by atoms with E-state index in [0.717, 1.165) is 33.3 Å². The van der Waals surface area contributed by atoms with E-state index in [4.69, 9.17) is 9.84 Å². The van der Waals surface area contributed by atoms with Gasteiger partial charge in [-0.05, 0) is 60.7 Å². The lowest BCUT2D eigenvalue weighted by atomic mass is 10.1. The van der Waals surface area contributed by atoms with Crippen LogP contribution in [0, 0.1) is 6.92 Å². The number of aliphatic hydroxyl groups is 1. The predicted molar refractivity (Wildman–Crippen MR) is 123 cm³/mol. The van der Waals surface area contributed by atoms with Gasteiger partial charge in [0.1, 0.15) is 18.2 Å². The van der Waals surface area contributed by atoms with E-state index in [2.05, 4.69) is 27.0 Å². The number of rotatable bonds is 8. The summed E-state index contributed by atoms with van der Waals surface area (Å²) in [6, 6.07) is 13.5. The number of fused-ring (bicyclic) bond motifs is 1. The zero-order chi connectivity index (χ0) is 20.6. The molecular weight excluding hydrogens is 404 g/mol. The molecule has 1 heterocycles. The number of carbonyl (C=O) groups excluding carboxylic acids is 1. The summed E-state index contributed by atoms with van der Waals surface area (Å²) in [7, 11) is 0. The Morgan fingerprint density at radius 3 is 2.80 bits per heavy atom. The van der Waals surface area contributed by atoms with Crippen molar-refractivity contribution >= 4 is 40.7 Å². The minimum absolute atomic E-state index is 0. The van der Waals surface area contributed by atoms with Crippen LogP contribution in [0.1, 0.15) is 18.1 Å². The van der Waals surface area contributed by atoms with Crippen molar-refractivity contribution in [1.82, 2.24) is 10.3 Å². The van der Waals surface area contributed by atoms with Crippen molar-refractivity contribution in [3.05, 3.63) is 59.8 Å². The number of pyridine rings is 1. The first-order chi connectivity index (χ1) is 14.1. The average Bonchev–Trinajstić information content (AvgIpc) is 2.71. The third-order valence-corrected chi connectivity index (χ3v) is 4.38. The normalized spacial score (nSPS) is 10.2. The molecule has 3 rings (SSSR count). The lowest BCUT2D eigenvalue weighted by Gasteiger charge is -2.12. The molecule has 160 valence electrons. The van der Waals surface area contributed by atoms with Crippen molar-refractivity contribution in [2.45, 2.75) is 20.4 Å². The van der Waals surface area contributed by atoms with E-state index in [0.29, 0.717) is 18.9 Å². The maximum Gasteiger partial charge on any atom is 0.320 e. The fourth-order valence-corrected chi connectivity index (χ4v) is 3.04. The second-order valence-electron chi connectivity index (χ2n) is 6.64. The van der Waals surface area contributed by atoms with Crippen LogP contribution in [0.25, 0.3) is 10.8 Å². The molecule has 0 spiro atoms. The highest BCUT2D eigenvalue weighted by Crippen LogP contribution is 2.25. The van der Waals surface area contributed by atoms with Gasteiger partial charge in [-0.2, -0.15) is 0 Å². The summed E-state index contributed by atoms with van der Waals surface area (Å²) in [5, 5.41) is 19.8. The van der Waals surface area contributed by atoms with Crippen LogP contribution in [0.15, 0.2) is 48.7 Å². The number of anilines is 2. The van der Waals surface area contributed by atoms with Gasteiger partial charge in [-0.3, -0.25) is 5.32 Å². The Kier molecular flexibility index (Phi) is 8.70. The maximum atomic E-state index is 11.7. The molecule has 2 amide bonds. The highest BCUT2D eigenvalue weighted by atomic mass is 35.5. The molecule has 0 atom stereocenters. The number of nitrogens with one attached hydrogen (secondary N) is 3. The molecule has 7 nitrogen and oxygen atoms in total. The van der Waals surface area contributed by atoms with Crippen LogP contribution in [0.5, 0.6) is 5.75 Å². The van der Waals surface area contributed by atoms with E-state index < -0.39 is 0 Å². The second kappa shape index (κ2) is 11.2. The monoisotopic (exact) mass is 430 g/mol. The molecule has 0 saturated carbocycles. The van der Waals surface area contributed by atoms with Crippen molar-refractivity contribution in [2.75, 3.05) is 30.4 Å². The van der Waals surface area contributed by atoms with Gasteiger partial charge in [0.25, 0.3) is 0 Å². The Labute approximate surface area is 182 Å². The largest absolute Gasteiger partial charge is 0.491 e. The number of carbonyl (C=O) groups is 1. The first-order valence-electron chi connectivity index (χ1n) is 9.60. The second-order valence-corrected chi connectivity index (χ2v) is 6.64. The number of nitrogens with zero attached hydrogens (tertiary/aromatic N) is 1. The van der Waals surface area contributed by atoms with E-state index in [-0.39, 0.29) is 31.7 Å². The number of aryl methyl sites for hydroxylation is 1. The van der Waals surface area contributed by atoms with Crippen LogP contribution in [0.3, 0.4) is 0 Å². The molecule has 0 fully saturated rings. The van der Waals surface area contributed by atoms with Crippen molar-refractivity contribution in [1.29, 1.82) is 0 Å². The number of amides is 2. The standard InChI is InChI=1S/C22H26N4O3.ClH/c1-3-23-22(28)26-21-12-17-11-18(9-15(2)20(17)14-25-21)24-13-16-5-4-6-19(10-16)29-8-7-27;/h4-6,9-12,14,24,27H,3,7-8,13H2,1-2H3,(H2,23,25,26,28);1H. The van der Waals surface area contributed by atoms with Gasteiger partial charge in [0.2, 0.25) is 0 Å². The highest BCUT2D eigenvalue weighted by molar-refractivity contribution is 5.94. The Balaban J connectivity index is 0.00000320. The zero-order valence-electron chi connectivity index (χ0n) is 17.1. The smallest absolute Gasteiger partial charge is 0.320 e. The fourth-order valence-electron chi connectivity index (χ4n) is 3.04. The van der Waals surface area contributed by atoms with Gasteiger partial charge in [-0.1, -0.05) is 12.1 Å². The van der Waals surface area contributed by atoms with E-state index in [1.165, 1.54) is 0 Å². The SMILES string of the molecule is CCNC(=O)Nc1cc2cc(NCc3cccc(OCCO)c3)cc(C)c2cn1.Cl. The summed E-state index contributed by atoms with van der Waals surface area (Å²) in [5.41, 5.74) is 3.15. The molecule has 0 radical (unpaired) electrons. The number of urea groups is 1. The van der Waals surface area contributed by atoms with Gasteiger partial charge in [0.15, 0.2) is 0 Å². The number of halogens is 1. The van der Waals surface area contributed by atoms with Gasteiger partial charge in [-0.15, -0.1) is 12.4 Å². The number of aliphatic hydroxyl groups excluding tert-OH is 1. The predicted octanol–water partition coefficient (Wildman–Crippen LogP) is 4.09. The van der Waals surface area contributed by atoms with Crippen molar-refractivity contribution < 1.29 is 14.6 Å². The summed E-state index contributed by atoms with van der Waals surface area (Å²) >= 11 is 0. The topological polar surface area (TPSA) is 95.5 Å². The third kappa shape index (κ3) is 6.23. The summed E-state index contributed by atoms with van der Waals surface area (Å²) < 4.78 is 5.46. The Morgan fingerprint density at radius 1 is 1.20 bits per heavy atom. The van der Waals surface area contributed by atoms with Crippen molar-refractivity contribution in [3.63, 3.8) is 0 Å². The molecule has 1 aromatic heterocycles. The zero-order valence-corrected chi connectivity index (χ0v) is 17.9. The maximum absolute atomic E-state index is 11.7. The number of aromatic nitrogens is 1. The molecule has 8 heteroatoms. The van der Waals surface area contributed by atoms with Crippen LogP contribution in [0.4, 0.5) is 16.3 Å². The van der Waals surface area contributed by atoms with Gasteiger partial charge in [-0.25, -0.2) is 9.78 Å². The van der Waals surface area contributed by atoms with Gasteiger partial charge in [0, 0.05) is 30.4 Å². The van der Waals surface area contributed by atoms with E-state index >= 15 is 0 Å². The molecule has 0 saturated heterocycles. The quantitative estimate of drug-likeness (QED) is 0.431. The molecule has 4 N–H and O–H groups in total. The van der Waals surface area contributed by atoms with Gasteiger partial charge < -0.3 is 20.5 Å². The number of hydrogen-bond donors (Lipinski definition) is 4. The molecular formula is C22H27ClN4O3. The molecule has 3 aromatic rings. The lowest BCUT2D eigenvalue weighted by molar-refractivity contribution is 0.201. The summed E-state index contributed by atoms with van der Waals surface area (Å²) in [5.74, 6) is 1.24. The summed E-state index contributed by atoms with van der Waals surface area (Å²) in [6.45, 7) is 5.36. The minimum atomic E-state index is -0.270.